The van der Waals surface area contributed by atoms with Crippen LogP contribution >= 0.6 is 0 Å². The van der Waals surface area contributed by atoms with Gasteiger partial charge in [0.1, 0.15) is 0 Å². The van der Waals surface area contributed by atoms with Gasteiger partial charge in [-0.1, -0.05) is 0 Å². The first kappa shape index (κ1) is 9.94. The smallest absolute Gasteiger partial charge is 0.414 e. The molecule has 0 heterocycles. The molecule has 0 amide bonds. The zero-order valence-corrected chi connectivity index (χ0v) is 6.80. The monoisotopic (exact) mass is 270 g/mol. The van der Waals surface area contributed by atoms with Gasteiger partial charge in [-0.25, -0.2) is 9.59 Å². The standard InChI is InChI=1S/C2H2O4.Hf/c3-1(4)2(5)6;/h(H,3,4)(H,5,6);. The first-order chi connectivity index (χ1) is 2.64. The van der Waals surface area contributed by atoms with Crippen molar-refractivity contribution in [3.8, 4) is 0 Å². The molecule has 0 aromatic carbocycles. The van der Waals surface area contributed by atoms with E-state index in [1.807, 2.05) is 0 Å². The van der Waals surface area contributed by atoms with Gasteiger partial charge in [0.2, 0.25) is 0 Å². The predicted molar refractivity (Wildman–Crippen MR) is 15.3 cm³/mol. The predicted octanol–water partition coefficient (Wildman–Crippen LogP) is -0.847. The molecule has 0 radical (unpaired) electrons. The molecular formula is C2H2HfO4. The maximum Gasteiger partial charge on any atom is 0.414 e. The molecule has 4 nitrogen and oxygen atoms in total. The van der Waals surface area contributed by atoms with E-state index in [9.17, 15) is 0 Å². The molecule has 0 fully saturated rings. The van der Waals surface area contributed by atoms with Crippen molar-refractivity contribution in [2.24, 2.45) is 0 Å². The first-order valence-electron chi connectivity index (χ1n) is 1.11. The van der Waals surface area contributed by atoms with E-state index in [0.29, 0.717) is 0 Å². The van der Waals surface area contributed by atoms with Crippen LogP contribution in [-0.2, 0) is 35.4 Å². The third-order valence-corrected chi connectivity index (χ3v) is 0.183. The summed E-state index contributed by atoms with van der Waals surface area (Å²) in [7, 11) is 0. The molecule has 5 heteroatoms. The van der Waals surface area contributed by atoms with E-state index in [1.54, 1.807) is 0 Å². The second-order valence-corrected chi connectivity index (χ2v) is 0.610. The Labute approximate surface area is 57.9 Å². The van der Waals surface area contributed by atoms with Gasteiger partial charge in [0.15, 0.2) is 0 Å². The molecule has 0 atom stereocenters. The van der Waals surface area contributed by atoms with Gasteiger partial charge >= 0.3 is 11.9 Å². The Bertz CT molecular complexity index is 75.7. The molecule has 0 saturated carbocycles. The minimum absolute atomic E-state index is 0. The Kier molecular flexibility index (Phi) is 5.65. The fraction of sp³-hybridized carbons (Fsp3) is 0. The van der Waals surface area contributed by atoms with Crippen LogP contribution in [0.5, 0.6) is 0 Å². The van der Waals surface area contributed by atoms with Crippen LogP contribution in [0.2, 0.25) is 0 Å². The van der Waals surface area contributed by atoms with Crippen LogP contribution in [0.4, 0.5) is 0 Å². The minimum atomic E-state index is -1.82. The molecule has 0 aliphatic rings. The molecule has 38 valence electrons. The largest absolute Gasteiger partial charge is 0.473 e. The summed E-state index contributed by atoms with van der Waals surface area (Å²) in [5, 5.41) is 14.8. The van der Waals surface area contributed by atoms with Crippen molar-refractivity contribution in [3.05, 3.63) is 0 Å². The van der Waals surface area contributed by atoms with E-state index in [4.69, 9.17) is 19.8 Å². The average Bonchev–Trinajstić information content (AvgIpc) is 1.36. The number of carboxylic acid groups (broad SMARTS) is 2. The van der Waals surface area contributed by atoms with Crippen molar-refractivity contribution in [1.29, 1.82) is 0 Å². The molecule has 0 saturated heterocycles. The van der Waals surface area contributed by atoms with Gasteiger partial charge in [0.05, 0.1) is 0 Å². The zero-order chi connectivity index (χ0) is 5.15. The Morgan fingerprint density at radius 2 is 1.14 bits per heavy atom. The number of hydrogen-bond acceptors (Lipinski definition) is 2. The summed E-state index contributed by atoms with van der Waals surface area (Å²) in [6.45, 7) is 0. The summed E-state index contributed by atoms with van der Waals surface area (Å²) >= 11 is 0. The third-order valence-electron chi connectivity index (χ3n) is 0.183. The summed E-state index contributed by atoms with van der Waals surface area (Å²) < 4.78 is 0. The van der Waals surface area contributed by atoms with Crippen LogP contribution in [0.1, 0.15) is 0 Å². The molecule has 0 aliphatic heterocycles. The van der Waals surface area contributed by atoms with Gasteiger partial charge < -0.3 is 10.2 Å². The summed E-state index contributed by atoms with van der Waals surface area (Å²) in [6, 6.07) is 0. The second kappa shape index (κ2) is 3.98. The summed E-state index contributed by atoms with van der Waals surface area (Å²) in [4.78, 5) is 18.2. The topological polar surface area (TPSA) is 74.6 Å². The Hall–Kier alpha value is -0.190. The van der Waals surface area contributed by atoms with Crippen LogP contribution in [0.3, 0.4) is 0 Å². The maximum atomic E-state index is 9.10. The average molecular weight is 269 g/mol. The molecular weight excluding hydrogens is 267 g/mol. The fourth-order valence-corrected chi connectivity index (χ4v) is 0. The number of rotatable bonds is 0. The Balaban J connectivity index is 0. The maximum absolute atomic E-state index is 9.10. The first-order valence-corrected chi connectivity index (χ1v) is 1.11. The van der Waals surface area contributed by atoms with Gasteiger partial charge in [-0.2, -0.15) is 0 Å². The van der Waals surface area contributed by atoms with Gasteiger partial charge in [-0.15, -0.1) is 0 Å². The van der Waals surface area contributed by atoms with Crippen molar-refractivity contribution in [2.75, 3.05) is 0 Å². The van der Waals surface area contributed by atoms with E-state index in [1.165, 1.54) is 0 Å². The van der Waals surface area contributed by atoms with E-state index in [0.717, 1.165) is 0 Å². The molecule has 0 aliphatic carbocycles. The van der Waals surface area contributed by atoms with Crippen LogP contribution in [-0.4, -0.2) is 22.2 Å². The third kappa shape index (κ3) is 5.81. The number of aliphatic carboxylic acids is 2. The molecule has 0 bridgehead atoms. The normalized spacial score (nSPS) is 6.29. The number of carboxylic acids is 2. The van der Waals surface area contributed by atoms with Crippen LogP contribution in [0, 0.1) is 0 Å². The van der Waals surface area contributed by atoms with E-state index >= 15 is 0 Å². The second-order valence-electron chi connectivity index (χ2n) is 0.610. The van der Waals surface area contributed by atoms with E-state index in [2.05, 4.69) is 0 Å². The Morgan fingerprint density at radius 1 is 1.00 bits per heavy atom. The summed E-state index contributed by atoms with van der Waals surface area (Å²) in [5.74, 6) is -3.65. The molecule has 2 N–H and O–H groups in total. The fourth-order valence-electron chi connectivity index (χ4n) is 0. The molecule has 0 rings (SSSR count). The molecule has 0 aromatic rings. The quantitative estimate of drug-likeness (QED) is 0.443. The molecule has 0 unspecified atom stereocenters. The van der Waals surface area contributed by atoms with Crippen LogP contribution < -0.4 is 0 Å². The van der Waals surface area contributed by atoms with Crippen LogP contribution in [0.25, 0.3) is 0 Å². The summed E-state index contributed by atoms with van der Waals surface area (Å²) in [6.07, 6.45) is 0. The van der Waals surface area contributed by atoms with E-state index < -0.39 is 11.9 Å². The van der Waals surface area contributed by atoms with Crippen molar-refractivity contribution in [1.82, 2.24) is 0 Å². The SMILES string of the molecule is O=C(O)C(=O)O.[Hf]. The zero-order valence-electron chi connectivity index (χ0n) is 3.21. The minimum Gasteiger partial charge on any atom is -0.473 e. The van der Waals surface area contributed by atoms with Crippen molar-refractivity contribution < 1.29 is 45.6 Å². The van der Waals surface area contributed by atoms with Gasteiger partial charge in [-0.05, 0) is 0 Å². The van der Waals surface area contributed by atoms with Gasteiger partial charge in [-0.3, -0.25) is 0 Å². The van der Waals surface area contributed by atoms with E-state index in [-0.39, 0.29) is 25.8 Å². The Morgan fingerprint density at radius 3 is 1.14 bits per heavy atom. The van der Waals surface area contributed by atoms with Crippen molar-refractivity contribution >= 4 is 11.9 Å². The van der Waals surface area contributed by atoms with Gasteiger partial charge in [0, 0.05) is 25.8 Å². The number of hydrogen-bond donors (Lipinski definition) is 2. The number of carbonyl (C=O) groups is 2. The molecule has 7 heavy (non-hydrogen) atoms. The summed E-state index contributed by atoms with van der Waals surface area (Å²) in [5.41, 5.74) is 0. The van der Waals surface area contributed by atoms with Crippen molar-refractivity contribution in [2.45, 2.75) is 0 Å². The van der Waals surface area contributed by atoms with Crippen molar-refractivity contribution in [3.63, 3.8) is 0 Å². The van der Waals surface area contributed by atoms with Crippen LogP contribution in [0.15, 0.2) is 0 Å². The molecule has 0 spiro atoms. The molecule has 0 aromatic heterocycles. The van der Waals surface area contributed by atoms with Gasteiger partial charge in [0.25, 0.3) is 0 Å².